The molecule has 0 bridgehead atoms. The molecule has 1 amide bonds. The number of benzene rings is 1. The number of aromatic nitrogens is 4. The van der Waals surface area contributed by atoms with Crippen molar-refractivity contribution in [1.29, 1.82) is 0 Å². The molecule has 0 aliphatic carbocycles. The molecule has 5 rings (SSSR count). The van der Waals surface area contributed by atoms with Crippen molar-refractivity contribution in [3.05, 3.63) is 59.6 Å². The van der Waals surface area contributed by atoms with Crippen LogP contribution in [0.5, 0.6) is 0 Å². The van der Waals surface area contributed by atoms with Gasteiger partial charge >= 0.3 is 0 Å². The molecular formula is C25H28N6O4. The number of anilines is 1. The van der Waals surface area contributed by atoms with Gasteiger partial charge in [-0.25, -0.2) is 4.98 Å². The highest BCUT2D eigenvalue weighted by atomic mass is 16.5. The lowest BCUT2D eigenvalue weighted by Crippen LogP contribution is -2.36. The van der Waals surface area contributed by atoms with Gasteiger partial charge in [-0.2, -0.15) is 5.10 Å². The lowest BCUT2D eigenvalue weighted by atomic mass is 9.99. The van der Waals surface area contributed by atoms with Crippen LogP contribution in [0.25, 0.3) is 22.2 Å². The first-order valence-electron chi connectivity index (χ1n) is 11.6. The van der Waals surface area contributed by atoms with Crippen LogP contribution in [0, 0.1) is 0 Å². The van der Waals surface area contributed by atoms with Crippen LogP contribution in [0.1, 0.15) is 48.6 Å². The number of fused-ring (bicyclic) bond motifs is 1. The molecule has 1 aliphatic rings. The van der Waals surface area contributed by atoms with Crippen molar-refractivity contribution in [2.45, 2.75) is 32.4 Å². The molecule has 3 aromatic heterocycles. The number of pyridine rings is 1. The smallest absolute Gasteiger partial charge is 0.273 e. The third-order valence-electron chi connectivity index (χ3n) is 6.17. The van der Waals surface area contributed by atoms with Crippen molar-refractivity contribution in [3.8, 4) is 11.1 Å². The summed E-state index contributed by atoms with van der Waals surface area (Å²) in [5.41, 5.74) is 2.67. The van der Waals surface area contributed by atoms with Gasteiger partial charge in [-0.3, -0.25) is 9.89 Å². The first-order valence-corrected chi connectivity index (χ1v) is 11.6. The number of hydrogen-bond acceptors (Lipinski definition) is 8. The monoisotopic (exact) mass is 476 g/mol. The SMILES string of the molecule is CC(NC(=O)c1cc(C(C)(C)O)on1)c1ccc(-c2ccnc3[nH]nc(N4CCOCC4)c23)cc1. The average molecular weight is 477 g/mol. The summed E-state index contributed by atoms with van der Waals surface area (Å²) in [5.74, 6) is 0.749. The van der Waals surface area contributed by atoms with Crippen LogP contribution in [0.4, 0.5) is 5.82 Å². The molecule has 0 radical (unpaired) electrons. The quantitative estimate of drug-likeness (QED) is 0.387. The molecule has 0 saturated carbocycles. The van der Waals surface area contributed by atoms with Gasteiger partial charge in [0.1, 0.15) is 5.60 Å². The standard InChI is InChI=1S/C25H28N6O4/c1-15(27-24(32)19-14-20(35-30-19)25(2,3)33)16-4-6-17(7-5-16)18-8-9-26-22-21(18)23(29-28-22)31-10-12-34-13-11-31/h4-9,14-15,33H,10-13H2,1-3H3,(H,27,32)(H,26,28,29). The summed E-state index contributed by atoms with van der Waals surface area (Å²) in [4.78, 5) is 19.3. The zero-order chi connectivity index (χ0) is 24.6. The third-order valence-corrected chi connectivity index (χ3v) is 6.17. The van der Waals surface area contributed by atoms with Gasteiger partial charge in [-0.1, -0.05) is 29.4 Å². The van der Waals surface area contributed by atoms with E-state index in [1.807, 2.05) is 37.3 Å². The summed E-state index contributed by atoms with van der Waals surface area (Å²) in [7, 11) is 0. The van der Waals surface area contributed by atoms with Crippen LogP contribution in [-0.2, 0) is 10.3 Å². The van der Waals surface area contributed by atoms with Crippen molar-refractivity contribution < 1.29 is 19.2 Å². The van der Waals surface area contributed by atoms with E-state index < -0.39 is 5.60 Å². The van der Waals surface area contributed by atoms with E-state index in [9.17, 15) is 9.90 Å². The van der Waals surface area contributed by atoms with Crippen LogP contribution in [0.15, 0.2) is 47.1 Å². The number of ether oxygens (including phenoxy) is 1. The highest BCUT2D eigenvalue weighted by Gasteiger charge is 2.25. The molecule has 35 heavy (non-hydrogen) atoms. The summed E-state index contributed by atoms with van der Waals surface area (Å²) >= 11 is 0. The van der Waals surface area contributed by atoms with Crippen molar-refractivity contribution in [2.75, 3.05) is 31.2 Å². The Kier molecular flexibility index (Phi) is 6.00. The zero-order valence-corrected chi connectivity index (χ0v) is 19.9. The lowest BCUT2D eigenvalue weighted by Gasteiger charge is -2.27. The first kappa shape index (κ1) is 23.0. The number of morpholine rings is 1. The number of H-pyrrole nitrogens is 1. The number of aromatic amines is 1. The number of aliphatic hydroxyl groups is 1. The van der Waals surface area contributed by atoms with E-state index in [1.54, 1.807) is 20.0 Å². The maximum absolute atomic E-state index is 12.6. The Morgan fingerprint density at radius 3 is 2.63 bits per heavy atom. The zero-order valence-electron chi connectivity index (χ0n) is 19.9. The Bertz CT molecular complexity index is 1330. The number of nitrogens with one attached hydrogen (secondary N) is 2. The molecule has 1 aromatic carbocycles. The van der Waals surface area contributed by atoms with Crippen LogP contribution >= 0.6 is 0 Å². The highest BCUT2D eigenvalue weighted by Crippen LogP contribution is 2.34. The van der Waals surface area contributed by atoms with Crippen molar-refractivity contribution in [2.24, 2.45) is 0 Å². The maximum atomic E-state index is 12.6. The largest absolute Gasteiger partial charge is 0.382 e. The molecule has 1 saturated heterocycles. The van der Waals surface area contributed by atoms with Gasteiger partial charge in [0, 0.05) is 25.4 Å². The Morgan fingerprint density at radius 1 is 1.20 bits per heavy atom. The Labute approximate surface area is 202 Å². The first-order chi connectivity index (χ1) is 16.8. The average Bonchev–Trinajstić information content (AvgIpc) is 3.52. The van der Waals surface area contributed by atoms with Gasteiger partial charge in [-0.15, -0.1) is 0 Å². The molecule has 10 nitrogen and oxygen atoms in total. The van der Waals surface area contributed by atoms with E-state index in [1.165, 1.54) is 6.07 Å². The van der Waals surface area contributed by atoms with E-state index in [0.717, 1.165) is 46.6 Å². The summed E-state index contributed by atoms with van der Waals surface area (Å²) in [6.45, 7) is 7.97. The number of rotatable bonds is 6. The number of amides is 1. The van der Waals surface area contributed by atoms with Gasteiger partial charge in [0.2, 0.25) is 0 Å². The minimum absolute atomic E-state index is 0.125. The van der Waals surface area contributed by atoms with Crippen molar-refractivity contribution >= 4 is 22.8 Å². The molecule has 1 fully saturated rings. The second-order valence-corrected chi connectivity index (χ2v) is 9.18. The van der Waals surface area contributed by atoms with Gasteiger partial charge < -0.3 is 24.6 Å². The van der Waals surface area contributed by atoms with E-state index >= 15 is 0 Å². The van der Waals surface area contributed by atoms with Gasteiger partial charge in [0.05, 0.1) is 24.6 Å². The fourth-order valence-electron chi connectivity index (χ4n) is 4.16. The van der Waals surface area contributed by atoms with E-state index in [-0.39, 0.29) is 23.4 Å². The summed E-state index contributed by atoms with van der Waals surface area (Å²) in [6.07, 6.45) is 1.77. The fourth-order valence-corrected chi connectivity index (χ4v) is 4.16. The highest BCUT2D eigenvalue weighted by molar-refractivity contribution is 6.00. The molecule has 4 aromatic rings. The number of hydrogen-bond donors (Lipinski definition) is 3. The lowest BCUT2D eigenvalue weighted by molar-refractivity contribution is 0.0474. The topological polar surface area (TPSA) is 129 Å². The van der Waals surface area contributed by atoms with Crippen molar-refractivity contribution in [1.82, 2.24) is 25.7 Å². The molecule has 182 valence electrons. The molecule has 0 spiro atoms. The molecule has 10 heteroatoms. The third kappa shape index (κ3) is 4.62. The Balaban J connectivity index is 1.36. The maximum Gasteiger partial charge on any atom is 0.273 e. The summed E-state index contributed by atoms with van der Waals surface area (Å²) in [5, 5.41) is 25.3. The second kappa shape index (κ2) is 9.12. The van der Waals surface area contributed by atoms with Gasteiger partial charge in [-0.05, 0) is 43.5 Å². The Hall–Kier alpha value is -3.76. The minimum atomic E-state index is -1.21. The molecule has 4 heterocycles. The van der Waals surface area contributed by atoms with Crippen molar-refractivity contribution in [3.63, 3.8) is 0 Å². The molecular weight excluding hydrogens is 448 g/mol. The number of nitrogens with zero attached hydrogens (tertiary/aromatic N) is 4. The molecule has 3 N–H and O–H groups in total. The van der Waals surface area contributed by atoms with Gasteiger partial charge in [0.25, 0.3) is 5.91 Å². The predicted octanol–water partition coefficient (Wildman–Crippen LogP) is 3.17. The predicted molar refractivity (Wildman–Crippen MR) is 130 cm³/mol. The summed E-state index contributed by atoms with van der Waals surface area (Å²) < 4.78 is 10.6. The van der Waals surface area contributed by atoms with E-state index in [2.05, 4.69) is 30.6 Å². The van der Waals surface area contributed by atoms with E-state index in [0.29, 0.717) is 13.2 Å². The van der Waals surface area contributed by atoms with Gasteiger partial charge in [0.15, 0.2) is 22.9 Å². The van der Waals surface area contributed by atoms with Crippen LogP contribution in [-0.4, -0.2) is 57.7 Å². The fraction of sp³-hybridized carbons (Fsp3) is 0.360. The van der Waals surface area contributed by atoms with E-state index in [4.69, 9.17) is 9.26 Å². The van der Waals surface area contributed by atoms with Crippen LogP contribution in [0.3, 0.4) is 0 Å². The minimum Gasteiger partial charge on any atom is -0.382 e. The molecule has 1 atom stereocenters. The normalized spacial score (nSPS) is 15.4. The van der Waals surface area contributed by atoms with Crippen LogP contribution < -0.4 is 10.2 Å². The number of carbonyl (C=O) groups is 1. The number of carbonyl (C=O) groups excluding carboxylic acids is 1. The Morgan fingerprint density at radius 2 is 1.94 bits per heavy atom. The molecule has 1 aliphatic heterocycles. The van der Waals surface area contributed by atoms with Crippen LogP contribution in [0.2, 0.25) is 0 Å². The molecule has 1 unspecified atom stereocenters. The second-order valence-electron chi connectivity index (χ2n) is 9.18. The summed E-state index contributed by atoms with van der Waals surface area (Å²) in [6, 6.07) is 11.2.